The second-order valence-electron chi connectivity index (χ2n) is 5.41. The quantitative estimate of drug-likeness (QED) is 0.845. The zero-order valence-electron chi connectivity index (χ0n) is 9.83. The number of nitrogens with one attached hydrogen (secondary N) is 1. The zero-order valence-corrected chi connectivity index (χ0v) is 9.83. The van der Waals surface area contributed by atoms with Crippen LogP contribution in [0.3, 0.4) is 0 Å². The Balaban J connectivity index is 1.63. The van der Waals surface area contributed by atoms with Crippen molar-refractivity contribution in [1.82, 2.24) is 15.5 Å². The first-order valence-corrected chi connectivity index (χ1v) is 6.32. The number of piperidine rings is 1. The molecule has 1 saturated carbocycles. The van der Waals surface area contributed by atoms with Crippen molar-refractivity contribution in [1.29, 1.82) is 0 Å². The van der Waals surface area contributed by atoms with Gasteiger partial charge in [0, 0.05) is 17.9 Å². The normalized spacial score (nSPS) is 27.9. The summed E-state index contributed by atoms with van der Waals surface area (Å²) in [6, 6.07) is 0.536. The molecule has 4 nitrogen and oxygen atoms in total. The van der Waals surface area contributed by atoms with Gasteiger partial charge in [0.05, 0.1) is 0 Å². The van der Waals surface area contributed by atoms with Gasteiger partial charge >= 0.3 is 0 Å². The number of hydrogen-bond donors (Lipinski definition) is 1. The molecule has 2 aliphatic rings. The summed E-state index contributed by atoms with van der Waals surface area (Å²) in [5.41, 5.74) is 0.200. The van der Waals surface area contributed by atoms with Crippen molar-refractivity contribution in [3.8, 4) is 0 Å². The minimum atomic E-state index is 0.200. The summed E-state index contributed by atoms with van der Waals surface area (Å²) in [6.07, 6.45) is 7.12. The lowest BCUT2D eigenvalue weighted by atomic mass is 10.0. The van der Waals surface area contributed by atoms with Crippen LogP contribution < -0.4 is 5.32 Å². The highest BCUT2D eigenvalue weighted by molar-refractivity contribution is 5.11. The molecule has 1 N–H and O–H groups in total. The van der Waals surface area contributed by atoms with Gasteiger partial charge in [0.2, 0.25) is 11.8 Å². The van der Waals surface area contributed by atoms with Gasteiger partial charge in [-0.2, -0.15) is 0 Å². The van der Waals surface area contributed by atoms with Gasteiger partial charge in [0.15, 0.2) is 0 Å². The molecule has 16 heavy (non-hydrogen) atoms. The van der Waals surface area contributed by atoms with E-state index < -0.39 is 0 Å². The van der Waals surface area contributed by atoms with Crippen LogP contribution >= 0.6 is 0 Å². The van der Waals surface area contributed by atoms with Gasteiger partial charge in [-0.25, -0.2) is 0 Å². The third-order valence-corrected chi connectivity index (χ3v) is 3.82. The number of aromatic nitrogens is 2. The Kier molecular flexibility index (Phi) is 2.46. The lowest BCUT2D eigenvalue weighted by Gasteiger charge is -2.21. The van der Waals surface area contributed by atoms with E-state index in [4.69, 9.17) is 4.42 Å². The van der Waals surface area contributed by atoms with Crippen LogP contribution in [-0.4, -0.2) is 22.8 Å². The predicted octanol–water partition coefficient (Wildman–Crippen LogP) is 1.81. The van der Waals surface area contributed by atoms with Crippen LogP contribution in [0.15, 0.2) is 4.42 Å². The van der Waals surface area contributed by atoms with Gasteiger partial charge in [-0.15, -0.1) is 10.2 Å². The predicted molar refractivity (Wildman–Crippen MR) is 60.2 cm³/mol. The van der Waals surface area contributed by atoms with Gasteiger partial charge in [-0.05, 0) is 32.2 Å². The maximum absolute atomic E-state index is 5.75. The van der Waals surface area contributed by atoms with E-state index in [9.17, 15) is 0 Å². The minimum Gasteiger partial charge on any atom is -0.425 e. The molecule has 2 fully saturated rings. The van der Waals surface area contributed by atoms with E-state index in [0.717, 1.165) is 24.7 Å². The fourth-order valence-electron chi connectivity index (χ4n) is 2.29. The largest absolute Gasteiger partial charge is 0.425 e. The lowest BCUT2D eigenvalue weighted by Crippen LogP contribution is -2.35. The molecule has 1 unspecified atom stereocenters. The summed E-state index contributed by atoms with van der Waals surface area (Å²) in [6.45, 7) is 3.33. The van der Waals surface area contributed by atoms with Crippen LogP contribution in [-0.2, 0) is 11.8 Å². The van der Waals surface area contributed by atoms with Crippen molar-refractivity contribution < 1.29 is 4.42 Å². The molecule has 0 aromatic carbocycles. The fraction of sp³-hybridized carbons (Fsp3) is 0.833. The lowest BCUT2D eigenvalue weighted by molar-refractivity contribution is 0.352. The smallest absolute Gasteiger partial charge is 0.222 e. The Morgan fingerprint density at radius 1 is 1.38 bits per heavy atom. The fourth-order valence-corrected chi connectivity index (χ4v) is 2.29. The Bertz CT molecular complexity index is 364. The molecule has 2 heterocycles. The first-order chi connectivity index (χ1) is 7.76. The van der Waals surface area contributed by atoms with E-state index in [-0.39, 0.29) is 5.41 Å². The van der Waals surface area contributed by atoms with Crippen LogP contribution in [0.5, 0.6) is 0 Å². The zero-order chi connectivity index (χ0) is 11.0. The van der Waals surface area contributed by atoms with Crippen molar-refractivity contribution in [2.45, 2.75) is 56.9 Å². The molecule has 3 rings (SSSR count). The van der Waals surface area contributed by atoms with Crippen molar-refractivity contribution in [2.24, 2.45) is 0 Å². The van der Waals surface area contributed by atoms with Crippen LogP contribution in [0, 0.1) is 0 Å². The Hall–Kier alpha value is -0.900. The van der Waals surface area contributed by atoms with Crippen LogP contribution in [0.1, 0.15) is 50.8 Å². The first-order valence-electron chi connectivity index (χ1n) is 6.32. The van der Waals surface area contributed by atoms with Crippen molar-refractivity contribution in [2.75, 3.05) is 6.54 Å². The SMILES string of the molecule is CC1(c2nnc(CC3CCCCN3)o2)CC1. The molecule has 0 bridgehead atoms. The van der Waals surface area contributed by atoms with Gasteiger partial charge in [0.1, 0.15) is 0 Å². The van der Waals surface area contributed by atoms with Crippen molar-refractivity contribution >= 4 is 0 Å². The average Bonchev–Trinajstić information content (AvgIpc) is 2.88. The van der Waals surface area contributed by atoms with Gasteiger partial charge < -0.3 is 9.73 Å². The molecule has 1 aliphatic carbocycles. The molecule has 1 aromatic rings. The van der Waals surface area contributed by atoms with E-state index in [1.807, 2.05) is 0 Å². The van der Waals surface area contributed by atoms with Gasteiger partial charge in [-0.1, -0.05) is 13.3 Å². The summed E-state index contributed by atoms with van der Waals surface area (Å²) in [5.74, 6) is 1.65. The maximum atomic E-state index is 5.75. The van der Waals surface area contributed by atoms with E-state index in [0.29, 0.717) is 6.04 Å². The molecular formula is C12H19N3O. The highest BCUT2D eigenvalue weighted by Gasteiger charge is 2.44. The highest BCUT2D eigenvalue weighted by Crippen LogP contribution is 2.46. The molecule has 0 spiro atoms. The van der Waals surface area contributed by atoms with Crippen LogP contribution in [0.4, 0.5) is 0 Å². The molecule has 0 radical (unpaired) electrons. The Morgan fingerprint density at radius 3 is 2.94 bits per heavy atom. The number of nitrogens with zero attached hydrogens (tertiary/aromatic N) is 2. The summed E-state index contributed by atoms with van der Waals surface area (Å²) in [7, 11) is 0. The average molecular weight is 221 g/mol. The molecule has 1 atom stereocenters. The molecule has 1 aromatic heterocycles. The third-order valence-electron chi connectivity index (χ3n) is 3.82. The van der Waals surface area contributed by atoms with E-state index in [1.54, 1.807) is 0 Å². The van der Waals surface area contributed by atoms with Crippen LogP contribution in [0.25, 0.3) is 0 Å². The Labute approximate surface area is 95.8 Å². The van der Waals surface area contributed by atoms with Gasteiger partial charge in [0.25, 0.3) is 0 Å². The molecule has 1 aliphatic heterocycles. The number of hydrogen-bond acceptors (Lipinski definition) is 4. The van der Waals surface area contributed by atoms with Gasteiger partial charge in [-0.3, -0.25) is 0 Å². The summed E-state index contributed by atoms with van der Waals surface area (Å²) >= 11 is 0. The van der Waals surface area contributed by atoms with E-state index in [1.165, 1.54) is 32.1 Å². The van der Waals surface area contributed by atoms with E-state index >= 15 is 0 Å². The Morgan fingerprint density at radius 2 is 2.25 bits per heavy atom. The topological polar surface area (TPSA) is 51.0 Å². The monoisotopic (exact) mass is 221 g/mol. The molecular weight excluding hydrogens is 202 g/mol. The second-order valence-corrected chi connectivity index (χ2v) is 5.41. The maximum Gasteiger partial charge on any atom is 0.222 e. The van der Waals surface area contributed by atoms with Crippen molar-refractivity contribution in [3.05, 3.63) is 11.8 Å². The third kappa shape index (κ3) is 1.98. The molecule has 1 saturated heterocycles. The molecule has 0 amide bonds. The van der Waals surface area contributed by atoms with Crippen LogP contribution in [0.2, 0.25) is 0 Å². The number of rotatable bonds is 3. The molecule has 4 heteroatoms. The summed E-state index contributed by atoms with van der Waals surface area (Å²) in [4.78, 5) is 0. The minimum absolute atomic E-state index is 0.200. The van der Waals surface area contributed by atoms with E-state index in [2.05, 4.69) is 22.4 Å². The summed E-state index contributed by atoms with van der Waals surface area (Å²) < 4.78 is 5.75. The summed E-state index contributed by atoms with van der Waals surface area (Å²) in [5, 5.41) is 11.8. The molecule has 88 valence electrons. The van der Waals surface area contributed by atoms with Crippen molar-refractivity contribution in [3.63, 3.8) is 0 Å². The standard InChI is InChI=1S/C12H19N3O/c1-12(5-6-12)11-15-14-10(16-11)8-9-4-2-3-7-13-9/h9,13H,2-8H2,1H3. The second kappa shape index (κ2) is 3.84. The highest BCUT2D eigenvalue weighted by atomic mass is 16.4. The first kappa shape index (κ1) is 10.3.